The standard InChI is InChI=1S/C19H23Cl2NO3S/c1-4-25-18(24)14-10-7-5-6-8-12(10)26-17(14)22-16(23)15-11(9-13(20)21)19(15,2)3/h9,11,15H,4-8H2,1-3H3,(H,22,23)/t11-,15-/m0/s1. The number of allylic oxidation sites excluding steroid dienone is 1. The van der Waals surface area contributed by atoms with Gasteiger partial charge >= 0.3 is 5.97 Å². The Bertz CT molecular complexity index is 765. The van der Waals surface area contributed by atoms with Crippen LogP contribution in [-0.2, 0) is 22.4 Å². The van der Waals surface area contributed by atoms with Gasteiger partial charge in [0.15, 0.2) is 0 Å². The van der Waals surface area contributed by atoms with Crippen LogP contribution in [0.2, 0.25) is 0 Å². The number of amides is 1. The Morgan fingerprint density at radius 2 is 2.00 bits per heavy atom. The fraction of sp³-hybridized carbons (Fsp3) is 0.579. The highest BCUT2D eigenvalue weighted by atomic mass is 35.5. The van der Waals surface area contributed by atoms with Crippen LogP contribution in [0.4, 0.5) is 5.00 Å². The Kier molecular flexibility index (Phi) is 5.71. The van der Waals surface area contributed by atoms with Crippen LogP contribution in [0, 0.1) is 17.3 Å². The van der Waals surface area contributed by atoms with Crippen molar-refractivity contribution in [3.8, 4) is 0 Å². The summed E-state index contributed by atoms with van der Waals surface area (Å²) in [7, 11) is 0. The van der Waals surface area contributed by atoms with Crippen LogP contribution in [-0.4, -0.2) is 18.5 Å². The van der Waals surface area contributed by atoms with Gasteiger partial charge in [-0.3, -0.25) is 4.79 Å². The maximum absolute atomic E-state index is 12.9. The van der Waals surface area contributed by atoms with Gasteiger partial charge in [0, 0.05) is 4.88 Å². The molecule has 4 nitrogen and oxygen atoms in total. The second kappa shape index (κ2) is 7.53. The van der Waals surface area contributed by atoms with Crippen molar-refractivity contribution >= 4 is 51.4 Å². The van der Waals surface area contributed by atoms with Gasteiger partial charge in [0.05, 0.1) is 18.1 Å². The van der Waals surface area contributed by atoms with Crippen molar-refractivity contribution in [3.05, 3.63) is 26.6 Å². The summed E-state index contributed by atoms with van der Waals surface area (Å²) >= 11 is 13.1. The van der Waals surface area contributed by atoms with E-state index in [1.807, 2.05) is 13.8 Å². The quantitative estimate of drug-likeness (QED) is 0.660. The summed E-state index contributed by atoms with van der Waals surface area (Å²) in [4.78, 5) is 26.5. The van der Waals surface area contributed by atoms with E-state index in [4.69, 9.17) is 27.9 Å². The minimum atomic E-state index is -0.350. The molecule has 0 aliphatic heterocycles. The molecular weight excluding hydrogens is 393 g/mol. The van der Waals surface area contributed by atoms with E-state index in [2.05, 4.69) is 5.32 Å². The lowest BCUT2D eigenvalue weighted by Gasteiger charge is -2.12. The average Bonchev–Trinajstić information content (AvgIpc) is 2.92. The van der Waals surface area contributed by atoms with Gasteiger partial charge < -0.3 is 10.1 Å². The molecule has 0 bridgehead atoms. The summed E-state index contributed by atoms with van der Waals surface area (Å²) in [5.41, 5.74) is 1.38. The average molecular weight is 416 g/mol. The number of anilines is 1. The van der Waals surface area contributed by atoms with Crippen LogP contribution in [0.25, 0.3) is 0 Å². The summed E-state index contributed by atoms with van der Waals surface area (Å²) in [6, 6.07) is 0. The van der Waals surface area contributed by atoms with E-state index < -0.39 is 0 Å². The smallest absolute Gasteiger partial charge is 0.341 e. The predicted octanol–water partition coefficient (Wildman–Crippen LogP) is 5.33. The Hall–Kier alpha value is -1.04. The third kappa shape index (κ3) is 3.67. The number of halogens is 2. The molecule has 3 rings (SSSR count). The molecule has 1 amide bonds. The number of carbonyl (C=O) groups is 2. The van der Waals surface area contributed by atoms with Crippen molar-refractivity contribution < 1.29 is 14.3 Å². The molecule has 0 radical (unpaired) electrons. The van der Waals surface area contributed by atoms with Crippen LogP contribution in [0.3, 0.4) is 0 Å². The summed E-state index contributed by atoms with van der Waals surface area (Å²) in [6.45, 7) is 6.13. The third-order valence-electron chi connectivity index (χ3n) is 5.39. The molecule has 0 unspecified atom stereocenters. The number of fused-ring (bicyclic) bond motifs is 1. The second-order valence-corrected chi connectivity index (χ2v) is 9.52. The topological polar surface area (TPSA) is 55.4 Å². The number of ether oxygens (including phenoxy) is 1. The van der Waals surface area contributed by atoms with Gasteiger partial charge in [-0.25, -0.2) is 4.79 Å². The van der Waals surface area contributed by atoms with Crippen LogP contribution < -0.4 is 5.32 Å². The zero-order chi connectivity index (χ0) is 19.1. The molecule has 0 spiro atoms. The number of hydrogen-bond donors (Lipinski definition) is 1. The zero-order valence-corrected chi connectivity index (χ0v) is 17.5. The molecule has 142 valence electrons. The monoisotopic (exact) mass is 415 g/mol. The second-order valence-electron chi connectivity index (χ2n) is 7.41. The van der Waals surface area contributed by atoms with Crippen molar-refractivity contribution in [2.24, 2.45) is 17.3 Å². The van der Waals surface area contributed by atoms with Crippen molar-refractivity contribution in [2.75, 3.05) is 11.9 Å². The number of carbonyl (C=O) groups excluding carboxylic acids is 2. The van der Waals surface area contributed by atoms with E-state index in [-0.39, 0.29) is 33.6 Å². The third-order valence-corrected chi connectivity index (χ3v) is 6.85. The molecule has 7 heteroatoms. The highest BCUT2D eigenvalue weighted by Crippen LogP contribution is 2.60. The first-order valence-corrected chi connectivity index (χ1v) is 10.5. The number of aryl methyl sites for hydroxylation is 1. The molecule has 1 fully saturated rings. The molecule has 1 saturated carbocycles. The minimum Gasteiger partial charge on any atom is -0.462 e. The highest BCUT2D eigenvalue weighted by Gasteiger charge is 2.60. The summed E-state index contributed by atoms with van der Waals surface area (Å²) in [5, 5.41) is 3.60. The van der Waals surface area contributed by atoms with E-state index in [1.165, 1.54) is 16.2 Å². The molecule has 26 heavy (non-hydrogen) atoms. The van der Waals surface area contributed by atoms with E-state index in [0.29, 0.717) is 17.2 Å². The van der Waals surface area contributed by atoms with Gasteiger partial charge in [-0.1, -0.05) is 37.0 Å². The molecule has 1 N–H and O–H groups in total. The van der Waals surface area contributed by atoms with Crippen molar-refractivity contribution in [2.45, 2.75) is 46.5 Å². The molecule has 0 saturated heterocycles. The first kappa shape index (κ1) is 19.7. The van der Waals surface area contributed by atoms with Crippen LogP contribution >= 0.6 is 34.5 Å². The zero-order valence-electron chi connectivity index (χ0n) is 15.2. The van der Waals surface area contributed by atoms with Gasteiger partial charge in [-0.15, -0.1) is 11.3 Å². The molecule has 1 heterocycles. The van der Waals surface area contributed by atoms with E-state index >= 15 is 0 Å². The highest BCUT2D eigenvalue weighted by molar-refractivity contribution is 7.17. The summed E-state index contributed by atoms with van der Waals surface area (Å²) < 4.78 is 5.42. The van der Waals surface area contributed by atoms with Gasteiger partial charge in [-0.2, -0.15) is 0 Å². The van der Waals surface area contributed by atoms with E-state index in [9.17, 15) is 9.59 Å². The first-order chi connectivity index (χ1) is 12.3. The summed E-state index contributed by atoms with van der Waals surface area (Å²) in [6.07, 6.45) is 5.70. The Balaban J connectivity index is 1.86. The SMILES string of the molecule is CCOC(=O)c1c(NC(=O)[C@@H]2[C@H](C=C(Cl)Cl)C2(C)C)sc2c1CCCC2. The molecular formula is C19H23Cl2NO3S. The normalized spacial score (nSPS) is 23.0. The van der Waals surface area contributed by atoms with Gasteiger partial charge in [0.2, 0.25) is 5.91 Å². The lowest BCUT2D eigenvalue weighted by Crippen LogP contribution is -2.19. The van der Waals surface area contributed by atoms with E-state index in [0.717, 1.165) is 31.2 Å². The van der Waals surface area contributed by atoms with E-state index in [1.54, 1.807) is 13.0 Å². The van der Waals surface area contributed by atoms with Crippen LogP contribution in [0.5, 0.6) is 0 Å². The lowest BCUT2D eigenvalue weighted by atomic mass is 9.95. The first-order valence-electron chi connectivity index (χ1n) is 8.92. The van der Waals surface area contributed by atoms with Crippen molar-refractivity contribution in [3.63, 3.8) is 0 Å². The Morgan fingerprint density at radius 1 is 1.31 bits per heavy atom. The molecule has 2 aliphatic rings. The fourth-order valence-electron chi connectivity index (χ4n) is 3.89. The maximum Gasteiger partial charge on any atom is 0.341 e. The number of esters is 1. The van der Waals surface area contributed by atoms with Gasteiger partial charge in [0.1, 0.15) is 9.49 Å². The predicted molar refractivity (Wildman–Crippen MR) is 106 cm³/mol. The lowest BCUT2D eigenvalue weighted by molar-refractivity contribution is -0.118. The summed E-state index contributed by atoms with van der Waals surface area (Å²) in [5.74, 6) is -0.676. The Morgan fingerprint density at radius 3 is 2.65 bits per heavy atom. The number of nitrogens with one attached hydrogen (secondary N) is 1. The van der Waals surface area contributed by atoms with Crippen molar-refractivity contribution in [1.29, 1.82) is 0 Å². The number of thiophene rings is 1. The van der Waals surface area contributed by atoms with Crippen molar-refractivity contribution in [1.82, 2.24) is 0 Å². The molecule has 0 aromatic carbocycles. The number of rotatable bonds is 5. The van der Waals surface area contributed by atoms with Crippen LogP contribution in [0.15, 0.2) is 10.6 Å². The van der Waals surface area contributed by atoms with Crippen LogP contribution in [0.1, 0.15) is 54.4 Å². The molecule has 1 aromatic heterocycles. The largest absolute Gasteiger partial charge is 0.462 e. The molecule has 2 aliphatic carbocycles. The minimum absolute atomic E-state index is 0.00636. The van der Waals surface area contributed by atoms with Gasteiger partial charge in [-0.05, 0) is 55.6 Å². The Labute approximate surface area is 167 Å². The maximum atomic E-state index is 12.9. The fourth-order valence-corrected chi connectivity index (χ4v) is 5.44. The molecule has 2 atom stereocenters. The molecule has 1 aromatic rings. The van der Waals surface area contributed by atoms with Gasteiger partial charge in [0.25, 0.3) is 0 Å². The number of hydrogen-bond acceptors (Lipinski definition) is 4.